The van der Waals surface area contributed by atoms with E-state index in [9.17, 15) is 0 Å². The summed E-state index contributed by atoms with van der Waals surface area (Å²) in [4.78, 5) is 4.46. The molecule has 1 aromatic heterocycles. The van der Waals surface area contributed by atoms with Gasteiger partial charge >= 0.3 is 0 Å². The number of aryl methyl sites for hydroxylation is 1. The summed E-state index contributed by atoms with van der Waals surface area (Å²) in [7, 11) is 0. The second-order valence-electron chi connectivity index (χ2n) is 5.10. The molecule has 0 amide bonds. The highest BCUT2D eigenvalue weighted by atomic mass is 15.1. The second-order valence-corrected chi connectivity index (χ2v) is 5.10. The van der Waals surface area contributed by atoms with Crippen LogP contribution < -0.4 is 5.32 Å². The predicted molar refractivity (Wildman–Crippen MR) is 66.5 cm³/mol. The highest BCUT2D eigenvalue weighted by Gasteiger charge is 2.14. The molecule has 0 saturated carbocycles. The molecule has 0 bridgehead atoms. The van der Waals surface area contributed by atoms with Crippen molar-refractivity contribution < 1.29 is 0 Å². The molecule has 0 spiro atoms. The van der Waals surface area contributed by atoms with Gasteiger partial charge in [0.2, 0.25) is 0 Å². The maximum Gasteiger partial charge on any atom is 0.108 e. The summed E-state index contributed by atoms with van der Waals surface area (Å²) < 4.78 is 2.29. The smallest absolute Gasteiger partial charge is 0.108 e. The maximum atomic E-state index is 4.46. The van der Waals surface area contributed by atoms with Gasteiger partial charge in [-0.2, -0.15) is 0 Å². The fraction of sp³-hybridized carbons (Fsp3) is 0.769. The van der Waals surface area contributed by atoms with E-state index in [2.05, 4.69) is 34.9 Å². The van der Waals surface area contributed by atoms with E-state index >= 15 is 0 Å². The number of imidazole rings is 1. The molecule has 1 saturated heterocycles. The first-order valence-electron chi connectivity index (χ1n) is 6.50. The number of aromatic nitrogens is 2. The molecule has 1 atom stereocenters. The maximum absolute atomic E-state index is 4.46. The zero-order chi connectivity index (χ0) is 11.4. The molecule has 1 fully saturated rings. The van der Waals surface area contributed by atoms with Crippen LogP contribution in [0.3, 0.4) is 0 Å². The summed E-state index contributed by atoms with van der Waals surface area (Å²) in [5.74, 6) is 2.10. The largest absolute Gasteiger partial charge is 0.332 e. The second kappa shape index (κ2) is 5.48. The van der Waals surface area contributed by atoms with Gasteiger partial charge in [0.05, 0.1) is 0 Å². The summed E-state index contributed by atoms with van der Waals surface area (Å²) in [5, 5.41) is 3.48. The number of nitrogens with zero attached hydrogens (tertiary/aromatic N) is 2. The van der Waals surface area contributed by atoms with Crippen molar-refractivity contribution in [2.24, 2.45) is 5.92 Å². The van der Waals surface area contributed by atoms with Crippen molar-refractivity contribution in [3.8, 4) is 0 Å². The Labute approximate surface area is 98.3 Å². The molecule has 1 aromatic rings. The van der Waals surface area contributed by atoms with Crippen LogP contribution in [0.5, 0.6) is 0 Å². The van der Waals surface area contributed by atoms with E-state index in [-0.39, 0.29) is 0 Å². The minimum atomic E-state index is 0.530. The van der Waals surface area contributed by atoms with Gasteiger partial charge in [-0.15, -0.1) is 0 Å². The Hall–Kier alpha value is -0.830. The molecule has 1 aliphatic rings. The molecular weight excluding hydrogens is 198 g/mol. The van der Waals surface area contributed by atoms with Gasteiger partial charge in [0.15, 0.2) is 0 Å². The Morgan fingerprint density at radius 3 is 3.12 bits per heavy atom. The normalized spacial score (nSPS) is 21.6. The quantitative estimate of drug-likeness (QED) is 0.846. The Balaban J connectivity index is 1.86. The van der Waals surface area contributed by atoms with Gasteiger partial charge in [-0.05, 0) is 52.1 Å². The lowest BCUT2D eigenvalue weighted by molar-refractivity contribution is 0.353. The molecule has 3 heteroatoms. The van der Waals surface area contributed by atoms with E-state index < -0.39 is 0 Å². The molecule has 90 valence electrons. The Morgan fingerprint density at radius 2 is 2.44 bits per heavy atom. The number of rotatable bonds is 4. The molecule has 1 aliphatic heterocycles. The minimum absolute atomic E-state index is 0.530. The molecular formula is C13H23N3. The van der Waals surface area contributed by atoms with Crippen molar-refractivity contribution in [2.45, 2.75) is 45.6 Å². The highest BCUT2D eigenvalue weighted by Crippen LogP contribution is 2.17. The van der Waals surface area contributed by atoms with Crippen molar-refractivity contribution in [2.75, 3.05) is 13.1 Å². The predicted octanol–water partition coefficient (Wildman–Crippen LogP) is 2.40. The first-order chi connectivity index (χ1) is 7.77. The van der Waals surface area contributed by atoms with Gasteiger partial charge < -0.3 is 9.88 Å². The average Bonchev–Trinajstić information content (AvgIpc) is 2.76. The lowest BCUT2D eigenvalue weighted by atomic mass is 9.94. The van der Waals surface area contributed by atoms with Crippen LogP contribution in [-0.2, 0) is 6.42 Å². The highest BCUT2D eigenvalue weighted by molar-refractivity contribution is 4.95. The average molecular weight is 221 g/mol. The van der Waals surface area contributed by atoms with Crippen LogP contribution in [-0.4, -0.2) is 22.6 Å². The van der Waals surface area contributed by atoms with Gasteiger partial charge in [-0.1, -0.05) is 0 Å². The first kappa shape index (κ1) is 11.6. The fourth-order valence-corrected chi connectivity index (χ4v) is 2.51. The van der Waals surface area contributed by atoms with Gasteiger partial charge in [0.1, 0.15) is 5.82 Å². The number of hydrogen-bond donors (Lipinski definition) is 1. The monoisotopic (exact) mass is 221 g/mol. The van der Waals surface area contributed by atoms with E-state index in [1.165, 1.54) is 38.2 Å². The van der Waals surface area contributed by atoms with Crippen molar-refractivity contribution in [3.63, 3.8) is 0 Å². The van der Waals surface area contributed by atoms with Crippen LogP contribution in [0.25, 0.3) is 0 Å². The van der Waals surface area contributed by atoms with Crippen LogP contribution >= 0.6 is 0 Å². The molecule has 0 radical (unpaired) electrons. The first-order valence-corrected chi connectivity index (χ1v) is 6.50. The summed E-state index contributed by atoms with van der Waals surface area (Å²) >= 11 is 0. The summed E-state index contributed by atoms with van der Waals surface area (Å²) in [5.41, 5.74) is 0. The van der Waals surface area contributed by atoms with Gasteiger partial charge in [0.25, 0.3) is 0 Å². The molecule has 16 heavy (non-hydrogen) atoms. The van der Waals surface area contributed by atoms with Crippen LogP contribution in [0.2, 0.25) is 0 Å². The SMILES string of the molecule is CC(C)n1ccnc1CCC1CCCNC1. The zero-order valence-corrected chi connectivity index (χ0v) is 10.4. The van der Waals surface area contributed by atoms with Gasteiger partial charge in [0, 0.05) is 24.9 Å². The number of hydrogen-bond acceptors (Lipinski definition) is 2. The third-order valence-electron chi connectivity index (χ3n) is 3.48. The summed E-state index contributed by atoms with van der Waals surface area (Å²) in [6.45, 7) is 6.83. The molecule has 1 N–H and O–H groups in total. The van der Waals surface area contributed by atoms with E-state index in [1.54, 1.807) is 0 Å². The number of piperidine rings is 1. The third-order valence-corrected chi connectivity index (χ3v) is 3.48. The molecule has 2 heterocycles. The van der Waals surface area contributed by atoms with Gasteiger partial charge in [-0.25, -0.2) is 4.98 Å². The summed E-state index contributed by atoms with van der Waals surface area (Å²) in [6, 6.07) is 0.530. The van der Waals surface area contributed by atoms with Crippen LogP contribution in [0.15, 0.2) is 12.4 Å². The van der Waals surface area contributed by atoms with E-state index in [4.69, 9.17) is 0 Å². The number of nitrogens with one attached hydrogen (secondary N) is 1. The lowest BCUT2D eigenvalue weighted by Crippen LogP contribution is -2.30. The minimum Gasteiger partial charge on any atom is -0.332 e. The molecule has 0 aliphatic carbocycles. The van der Waals surface area contributed by atoms with E-state index in [1.807, 2.05) is 6.20 Å². The van der Waals surface area contributed by atoms with Crippen LogP contribution in [0.1, 0.15) is 45.0 Å². The van der Waals surface area contributed by atoms with E-state index in [0.717, 1.165) is 12.3 Å². The van der Waals surface area contributed by atoms with Crippen molar-refractivity contribution >= 4 is 0 Å². The topological polar surface area (TPSA) is 29.9 Å². The summed E-state index contributed by atoms with van der Waals surface area (Å²) in [6.07, 6.45) is 9.14. The van der Waals surface area contributed by atoms with E-state index in [0.29, 0.717) is 6.04 Å². The molecule has 1 unspecified atom stereocenters. The van der Waals surface area contributed by atoms with Crippen molar-refractivity contribution in [3.05, 3.63) is 18.2 Å². The van der Waals surface area contributed by atoms with Crippen molar-refractivity contribution in [1.29, 1.82) is 0 Å². The fourth-order valence-electron chi connectivity index (χ4n) is 2.51. The van der Waals surface area contributed by atoms with Gasteiger partial charge in [-0.3, -0.25) is 0 Å². The molecule has 3 nitrogen and oxygen atoms in total. The molecule has 0 aromatic carbocycles. The molecule has 2 rings (SSSR count). The van der Waals surface area contributed by atoms with Crippen LogP contribution in [0, 0.1) is 5.92 Å². The Kier molecular flexibility index (Phi) is 3.99. The Bertz CT molecular complexity index is 311. The standard InChI is InChI=1S/C13H23N3/c1-11(2)16-9-8-15-13(16)6-5-12-4-3-7-14-10-12/h8-9,11-12,14H,3-7,10H2,1-2H3. The zero-order valence-electron chi connectivity index (χ0n) is 10.4. The van der Waals surface area contributed by atoms with Crippen molar-refractivity contribution in [1.82, 2.24) is 14.9 Å². The lowest BCUT2D eigenvalue weighted by Gasteiger charge is -2.22. The third kappa shape index (κ3) is 2.85. The Morgan fingerprint density at radius 1 is 1.56 bits per heavy atom. The van der Waals surface area contributed by atoms with Crippen LogP contribution in [0.4, 0.5) is 0 Å².